The van der Waals surface area contributed by atoms with Crippen molar-refractivity contribution in [1.29, 1.82) is 5.41 Å². The van der Waals surface area contributed by atoms with E-state index in [1.54, 1.807) is 29.0 Å². The highest BCUT2D eigenvalue weighted by Gasteiger charge is 2.22. The number of rotatable bonds is 5. The molecule has 0 aliphatic carbocycles. The third-order valence-corrected chi connectivity index (χ3v) is 5.79. The van der Waals surface area contributed by atoms with Crippen LogP contribution in [-0.4, -0.2) is 32.6 Å². The van der Waals surface area contributed by atoms with Gasteiger partial charge in [0.25, 0.3) is 11.5 Å². The molecule has 0 saturated carbocycles. The number of hydrogen-bond donors (Lipinski definition) is 2. The highest BCUT2D eigenvalue weighted by molar-refractivity contribution is 5.96. The zero-order valence-electron chi connectivity index (χ0n) is 17.6. The van der Waals surface area contributed by atoms with Crippen molar-refractivity contribution in [2.24, 2.45) is 0 Å². The van der Waals surface area contributed by atoms with Crippen molar-refractivity contribution in [2.75, 3.05) is 6.61 Å². The van der Waals surface area contributed by atoms with Gasteiger partial charge in [0.2, 0.25) is 0 Å². The summed E-state index contributed by atoms with van der Waals surface area (Å²) in [6.07, 6.45) is 4.90. The molecule has 1 aliphatic rings. The molecule has 32 heavy (non-hydrogen) atoms. The van der Waals surface area contributed by atoms with Crippen molar-refractivity contribution in [3.05, 3.63) is 75.5 Å². The summed E-state index contributed by atoms with van der Waals surface area (Å²) in [5.41, 5.74) is 1.58. The number of aromatic nitrogens is 3. The van der Waals surface area contributed by atoms with Crippen LogP contribution < -0.4 is 16.4 Å². The first-order valence-corrected chi connectivity index (χ1v) is 10.6. The minimum Gasteiger partial charge on any atom is -0.467 e. The van der Waals surface area contributed by atoms with Crippen molar-refractivity contribution >= 4 is 22.6 Å². The van der Waals surface area contributed by atoms with Crippen LogP contribution in [0.15, 0.2) is 52.0 Å². The predicted molar refractivity (Wildman–Crippen MR) is 116 cm³/mol. The monoisotopic (exact) mass is 433 g/mol. The van der Waals surface area contributed by atoms with Gasteiger partial charge >= 0.3 is 0 Å². The van der Waals surface area contributed by atoms with Crippen LogP contribution in [0.5, 0.6) is 0 Å². The van der Waals surface area contributed by atoms with E-state index in [2.05, 4.69) is 5.32 Å². The Labute approximate surface area is 182 Å². The van der Waals surface area contributed by atoms with Gasteiger partial charge < -0.3 is 19.0 Å². The lowest BCUT2D eigenvalue weighted by Crippen LogP contribution is -2.36. The van der Waals surface area contributed by atoms with Gasteiger partial charge in [-0.25, -0.2) is 4.98 Å². The zero-order valence-corrected chi connectivity index (χ0v) is 17.6. The van der Waals surface area contributed by atoms with E-state index in [-0.39, 0.29) is 34.6 Å². The molecule has 0 unspecified atom stereocenters. The Bertz CT molecular complexity index is 1430. The lowest BCUT2D eigenvalue weighted by atomic mass is 10.1. The number of pyridine rings is 2. The minimum absolute atomic E-state index is 0.00483. The van der Waals surface area contributed by atoms with E-state index in [1.165, 1.54) is 16.7 Å². The number of nitrogens with zero attached hydrogens (tertiary/aromatic N) is 3. The Kier molecular flexibility index (Phi) is 5.10. The lowest BCUT2D eigenvalue weighted by Gasteiger charge is -2.17. The van der Waals surface area contributed by atoms with Crippen molar-refractivity contribution in [2.45, 2.75) is 39.0 Å². The van der Waals surface area contributed by atoms with Gasteiger partial charge in [-0.05, 0) is 49.6 Å². The van der Waals surface area contributed by atoms with E-state index in [0.717, 1.165) is 18.4 Å². The van der Waals surface area contributed by atoms with E-state index >= 15 is 0 Å². The molecule has 1 atom stereocenters. The highest BCUT2D eigenvalue weighted by Crippen LogP contribution is 2.17. The number of carbonyl (C=O) groups is 1. The van der Waals surface area contributed by atoms with E-state index in [0.29, 0.717) is 30.2 Å². The summed E-state index contributed by atoms with van der Waals surface area (Å²) in [7, 11) is 0. The standard InChI is InChI=1S/C23H23N5O4/c1-14-5-2-8-27-20(14)26-21-18(23(27)30)11-17(22(29)25-12-15-6-3-9-31-15)19(24)28(21)13-16-7-4-10-32-16/h2-3,5-6,8-9,11,16,24H,4,7,10,12-13H2,1H3,(H,25,29)/t16-/m0/s1. The number of aryl methyl sites for hydroxylation is 1. The molecule has 5 rings (SSSR count). The van der Waals surface area contributed by atoms with E-state index in [4.69, 9.17) is 19.5 Å². The topological polar surface area (TPSA) is 115 Å². The number of furan rings is 1. The van der Waals surface area contributed by atoms with Crippen LogP contribution in [0.25, 0.3) is 16.7 Å². The third-order valence-electron chi connectivity index (χ3n) is 5.79. The molecule has 1 amide bonds. The molecule has 9 heteroatoms. The van der Waals surface area contributed by atoms with Crippen molar-refractivity contribution in [3.63, 3.8) is 0 Å². The quantitative estimate of drug-likeness (QED) is 0.468. The molecule has 1 saturated heterocycles. The first kappa shape index (κ1) is 20.2. The summed E-state index contributed by atoms with van der Waals surface area (Å²) >= 11 is 0. The summed E-state index contributed by atoms with van der Waals surface area (Å²) in [5.74, 6) is 0.143. The molecular weight excluding hydrogens is 410 g/mol. The summed E-state index contributed by atoms with van der Waals surface area (Å²) in [5, 5.41) is 11.8. The summed E-state index contributed by atoms with van der Waals surface area (Å²) in [4.78, 5) is 31.0. The maximum absolute atomic E-state index is 13.3. The molecule has 0 radical (unpaired) electrons. The molecular formula is C23H23N5O4. The second kappa shape index (κ2) is 8.08. The molecule has 164 valence electrons. The van der Waals surface area contributed by atoms with Gasteiger partial charge in [0.05, 0.1) is 36.4 Å². The number of carbonyl (C=O) groups excluding carboxylic acids is 1. The average Bonchev–Trinajstić information content (AvgIpc) is 3.49. The fourth-order valence-electron chi connectivity index (χ4n) is 4.12. The average molecular weight is 433 g/mol. The first-order chi connectivity index (χ1) is 15.5. The normalized spacial score (nSPS) is 16.1. The molecule has 2 N–H and O–H groups in total. The molecule has 9 nitrogen and oxygen atoms in total. The van der Waals surface area contributed by atoms with Crippen LogP contribution in [-0.2, 0) is 17.8 Å². The molecule has 4 aromatic rings. The first-order valence-electron chi connectivity index (χ1n) is 10.6. The van der Waals surface area contributed by atoms with Crippen LogP contribution in [0.2, 0.25) is 0 Å². The van der Waals surface area contributed by atoms with Crippen LogP contribution in [0.3, 0.4) is 0 Å². The second-order valence-electron chi connectivity index (χ2n) is 7.95. The van der Waals surface area contributed by atoms with Gasteiger partial charge in [-0.1, -0.05) is 6.07 Å². The van der Waals surface area contributed by atoms with Gasteiger partial charge in [-0.3, -0.25) is 19.4 Å². The van der Waals surface area contributed by atoms with Gasteiger partial charge in [0, 0.05) is 12.8 Å². The zero-order chi connectivity index (χ0) is 22.2. The lowest BCUT2D eigenvalue weighted by molar-refractivity contribution is 0.0929. The highest BCUT2D eigenvalue weighted by atomic mass is 16.5. The Morgan fingerprint density at radius 2 is 2.19 bits per heavy atom. The maximum atomic E-state index is 13.3. The molecule has 0 spiro atoms. The van der Waals surface area contributed by atoms with Crippen molar-refractivity contribution in [1.82, 2.24) is 19.3 Å². The third kappa shape index (κ3) is 3.50. The van der Waals surface area contributed by atoms with Gasteiger partial charge in [-0.2, -0.15) is 0 Å². The predicted octanol–water partition coefficient (Wildman–Crippen LogP) is 2.14. The largest absolute Gasteiger partial charge is 0.467 e. The molecule has 0 bridgehead atoms. The number of amides is 1. The van der Waals surface area contributed by atoms with E-state index in [9.17, 15) is 9.59 Å². The Morgan fingerprint density at radius 3 is 2.94 bits per heavy atom. The molecule has 1 fully saturated rings. The maximum Gasteiger partial charge on any atom is 0.267 e. The molecule has 4 aromatic heterocycles. The Morgan fingerprint density at radius 1 is 1.31 bits per heavy atom. The number of ether oxygens (including phenoxy) is 1. The molecule has 1 aliphatic heterocycles. The van der Waals surface area contributed by atoms with Crippen LogP contribution in [0, 0.1) is 12.3 Å². The van der Waals surface area contributed by atoms with Crippen LogP contribution in [0.1, 0.15) is 34.5 Å². The van der Waals surface area contributed by atoms with Crippen molar-refractivity contribution < 1.29 is 13.9 Å². The summed E-state index contributed by atoms with van der Waals surface area (Å²) in [6, 6.07) is 8.63. The SMILES string of the molecule is Cc1cccn2c(=O)c3cc(C(=O)NCc4ccco4)c(=N)n(C[C@@H]4CCCO4)c3nc12. The van der Waals surface area contributed by atoms with Crippen molar-refractivity contribution in [3.8, 4) is 0 Å². The fourth-order valence-corrected chi connectivity index (χ4v) is 4.12. The van der Waals surface area contributed by atoms with E-state index < -0.39 is 5.91 Å². The number of nitrogens with one attached hydrogen (secondary N) is 2. The number of hydrogen-bond acceptors (Lipinski definition) is 6. The van der Waals surface area contributed by atoms with Gasteiger partial charge in [0.1, 0.15) is 22.5 Å². The Balaban J connectivity index is 1.68. The van der Waals surface area contributed by atoms with Crippen LogP contribution >= 0.6 is 0 Å². The molecule has 5 heterocycles. The Hall–Kier alpha value is -3.72. The van der Waals surface area contributed by atoms with Gasteiger partial charge in [-0.15, -0.1) is 0 Å². The smallest absolute Gasteiger partial charge is 0.267 e. The number of fused-ring (bicyclic) bond motifs is 2. The summed E-state index contributed by atoms with van der Waals surface area (Å²) in [6.45, 7) is 3.08. The second-order valence-corrected chi connectivity index (χ2v) is 7.95. The fraction of sp³-hybridized carbons (Fsp3) is 0.304. The van der Waals surface area contributed by atoms with E-state index in [1.807, 2.05) is 13.0 Å². The van der Waals surface area contributed by atoms with Gasteiger partial charge in [0.15, 0.2) is 0 Å². The minimum atomic E-state index is -0.455. The van der Waals surface area contributed by atoms with Crippen LogP contribution in [0.4, 0.5) is 0 Å². The molecule has 0 aromatic carbocycles. The summed E-state index contributed by atoms with van der Waals surface area (Å²) < 4.78 is 14.1.